The van der Waals surface area contributed by atoms with E-state index in [0.29, 0.717) is 20.9 Å². The molecule has 1 aromatic heterocycles. The summed E-state index contributed by atoms with van der Waals surface area (Å²) in [5.41, 5.74) is 1.53. The molecule has 4 rings (SSSR count). The third kappa shape index (κ3) is 4.49. The van der Waals surface area contributed by atoms with Crippen LogP contribution in [0.15, 0.2) is 52.5 Å². The molecule has 0 N–H and O–H groups in total. The molecule has 2 aliphatic rings. The van der Waals surface area contributed by atoms with Crippen molar-refractivity contribution in [3.63, 3.8) is 0 Å². The molecule has 7 heteroatoms. The van der Waals surface area contributed by atoms with E-state index in [4.69, 9.17) is 21.3 Å². The molecule has 1 aromatic carbocycles. The maximum atomic E-state index is 13.3. The number of amides is 1. The van der Waals surface area contributed by atoms with E-state index in [1.807, 2.05) is 41.3 Å². The number of ether oxygens (including phenoxy) is 1. The lowest BCUT2D eigenvalue weighted by atomic mass is 9.94. The topological polar surface area (TPSA) is 54.8 Å². The SMILES string of the molecule is COc1ccc(/C=C2\SC(=Nc3cccnc3Cl)N(C3CCCCC3)C2=O)cc1. The average Bonchev–Trinajstić information content (AvgIpc) is 3.05. The Labute approximate surface area is 179 Å². The molecule has 2 fully saturated rings. The van der Waals surface area contributed by atoms with Gasteiger partial charge in [-0.15, -0.1) is 0 Å². The van der Waals surface area contributed by atoms with Crippen molar-refractivity contribution in [2.24, 2.45) is 4.99 Å². The minimum absolute atomic E-state index is 0.0106. The Balaban J connectivity index is 1.69. The van der Waals surface area contributed by atoms with Gasteiger partial charge in [-0.3, -0.25) is 9.69 Å². The molecule has 0 spiro atoms. The van der Waals surface area contributed by atoms with Gasteiger partial charge in [-0.25, -0.2) is 9.98 Å². The van der Waals surface area contributed by atoms with Gasteiger partial charge in [-0.05, 0) is 60.5 Å². The first-order chi connectivity index (χ1) is 14.2. The fourth-order valence-electron chi connectivity index (χ4n) is 3.64. The number of hydrogen-bond acceptors (Lipinski definition) is 5. The van der Waals surface area contributed by atoms with Gasteiger partial charge < -0.3 is 4.74 Å². The molecule has 2 aromatic rings. The summed E-state index contributed by atoms with van der Waals surface area (Å²) in [5, 5.41) is 1.01. The summed E-state index contributed by atoms with van der Waals surface area (Å²) in [4.78, 5) is 24.6. The van der Waals surface area contributed by atoms with E-state index in [1.165, 1.54) is 18.2 Å². The molecule has 1 amide bonds. The first-order valence-corrected chi connectivity index (χ1v) is 10.9. The Morgan fingerprint density at radius 1 is 1.21 bits per heavy atom. The minimum Gasteiger partial charge on any atom is -0.497 e. The van der Waals surface area contributed by atoms with E-state index >= 15 is 0 Å². The molecular formula is C22H22ClN3O2S. The van der Waals surface area contributed by atoms with Gasteiger partial charge in [-0.2, -0.15) is 0 Å². The number of methoxy groups -OCH3 is 1. The first-order valence-electron chi connectivity index (χ1n) is 9.72. The van der Waals surface area contributed by atoms with Gasteiger partial charge in [0.15, 0.2) is 10.3 Å². The summed E-state index contributed by atoms with van der Waals surface area (Å²) in [6.07, 6.45) is 9.04. The largest absolute Gasteiger partial charge is 0.497 e. The quantitative estimate of drug-likeness (QED) is 0.465. The Hall–Kier alpha value is -2.31. The molecule has 150 valence electrons. The van der Waals surface area contributed by atoms with Crippen LogP contribution < -0.4 is 4.74 Å². The summed E-state index contributed by atoms with van der Waals surface area (Å²) < 4.78 is 5.21. The van der Waals surface area contributed by atoms with Crippen LogP contribution in [0.3, 0.4) is 0 Å². The zero-order chi connectivity index (χ0) is 20.2. The van der Waals surface area contributed by atoms with Crippen LogP contribution >= 0.6 is 23.4 Å². The summed E-state index contributed by atoms with van der Waals surface area (Å²) in [5.74, 6) is 0.798. The van der Waals surface area contributed by atoms with E-state index in [9.17, 15) is 4.79 Å². The van der Waals surface area contributed by atoms with E-state index in [0.717, 1.165) is 37.0 Å². The first kappa shape index (κ1) is 20.0. The van der Waals surface area contributed by atoms with Crippen molar-refractivity contribution in [2.45, 2.75) is 38.1 Å². The van der Waals surface area contributed by atoms with Crippen molar-refractivity contribution in [1.29, 1.82) is 0 Å². The van der Waals surface area contributed by atoms with Crippen LogP contribution in [0.2, 0.25) is 5.15 Å². The molecule has 29 heavy (non-hydrogen) atoms. The van der Waals surface area contributed by atoms with Gasteiger partial charge in [0.05, 0.1) is 12.0 Å². The van der Waals surface area contributed by atoms with Crippen LogP contribution in [0.25, 0.3) is 6.08 Å². The number of halogens is 1. The van der Waals surface area contributed by atoms with Gasteiger partial charge in [0, 0.05) is 12.2 Å². The van der Waals surface area contributed by atoms with Crippen LogP contribution in [0.4, 0.5) is 5.69 Å². The zero-order valence-electron chi connectivity index (χ0n) is 16.2. The normalized spacial score (nSPS) is 20.6. The fourth-order valence-corrected chi connectivity index (χ4v) is 4.85. The van der Waals surface area contributed by atoms with Crippen molar-refractivity contribution < 1.29 is 9.53 Å². The minimum atomic E-state index is 0.0106. The Morgan fingerprint density at radius 2 is 1.97 bits per heavy atom. The van der Waals surface area contributed by atoms with Gasteiger partial charge in [0.25, 0.3) is 5.91 Å². The zero-order valence-corrected chi connectivity index (χ0v) is 17.7. The highest BCUT2D eigenvalue weighted by molar-refractivity contribution is 8.18. The van der Waals surface area contributed by atoms with Gasteiger partial charge in [0.2, 0.25) is 0 Å². The molecular weight excluding hydrogens is 406 g/mol. The monoisotopic (exact) mass is 427 g/mol. The Bertz CT molecular complexity index is 953. The van der Waals surface area contributed by atoms with Gasteiger partial charge >= 0.3 is 0 Å². The number of thioether (sulfide) groups is 1. The lowest BCUT2D eigenvalue weighted by Gasteiger charge is -2.30. The molecule has 0 atom stereocenters. The van der Waals surface area contributed by atoms with E-state index < -0.39 is 0 Å². The predicted octanol–water partition coefficient (Wildman–Crippen LogP) is 5.68. The average molecular weight is 428 g/mol. The van der Waals surface area contributed by atoms with Crippen LogP contribution in [0, 0.1) is 0 Å². The van der Waals surface area contributed by atoms with Crippen molar-refractivity contribution in [1.82, 2.24) is 9.88 Å². The van der Waals surface area contributed by atoms with E-state index in [2.05, 4.69) is 4.98 Å². The number of nitrogens with zero attached hydrogens (tertiary/aromatic N) is 3. The second-order valence-corrected chi connectivity index (χ2v) is 8.43. The number of hydrogen-bond donors (Lipinski definition) is 0. The number of carbonyl (C=O) groups is 1. The number of aliphatic imine (C=N–C) groups is 1. The highest BCUT2D eigenvalue weighted by atomic mass is 35.5. The highest BCUT2D eigenvalue weighted by Crippen LogP contribution is 2.39. The molecule has 1 saturated heterocycles. The molecule has 0 radical (unpaired) electrons. The number of benzene rings is 1. The third-order valence-electron chi connectivity index (χ3n) is 5.15. The lowest BCUT2D eigenvalue weighted by molar-refractivity contribution is -0.124. The van der Waals surface area contributed by atoms with Crippen LogP contribution in [-0.4, -0.2) is 34.1 Å². The lowest BCUT2D eigenvalue weighted by Crippen LogP contribution is -2.40. The third-order valence-corrected chi connectivity index (χ3v) is 6.42. The Morgan fingerprint density at radius 3 is 2.66 bits per heavy atom. The summed E-state index contributed by atoms with van der Waals surface area (Å²) in [6.45, 7) is 0. The summed E-state index contributed by atoms with van der Waals surface area (Å²) in [6, 6.07) is 11.5. The molecule has 5 nitrogen and oxygen atoms in total. The molecule has 0 bridgehead atoms. The summed E-state index contributed by atoms with van der Waals surface area (Å²) in [7, 11) is 1.64. The highest BCUT2D eigenvalue weighted by Gasteiger charge is 2.38. The van der Waals surface area contributed by atoms with Gasteiger partial charge in [0.1, 0.15) is 11.4 Å². The number of pyridine rings is 1. The standard InChI is InChI=1S/C22H22ClN3O2S/c1-28-17-11-9-15(10-12-17)14-19-21(27)26(16-6-3-2-4-7-16)22(29-19)25-18-8-5-13-24-20(18)23/h5,8-14,16H,2-4,6-7H2,1H3/b19-14-,25-22?. The fraction of sp³-hybridized carbons (Fsp3) is 0.318. The number of aromatic nitrogens is 1. The number of carbonyl (C=O) groups excluding carboxylic acids is 1. The van der Waals surface area contributed by atoms with Crippen LogP contribution in [-0.2, 0) is 4.79 Å². The molecule has 2 heterocycles. The smallest absolute Gasteiger partial charge is 0.267 e. The van der Waals surface area contributed by atoms with E-state index in [1.54, 1.807) is 19.4 Å². The Kier molecular flexibility index (Phi) is 6.21. The molecule has 1 aliphatic carbocycles. The molecule has 0 unspecified atom stereocenters. The van der Waals surface area contributed by atoms with E-state index in [-0.39, 0.29) is 11.9 Å². The summed E-state index contributed by atoms with van der Waals surface area (Å²) >= 11 is 7.61. The second kappa shape index (κ2) is 9.01. The van der Waals surface area contributed by atoms with Crippen molar-refractivity contribution in [2.75, 3.05) is 7.11 Å². The van der Waals surface area contributed by atoms with Crippen molar-refractivity contribution in [3.05, 3.63) is 58.2 Å². The molecule has 1 aliphatic heterocycles. The van der Waals surface area contributed by atoms with Crippen molar-refractivity contribution >= 4 is 46.2 Å². The maximum absolute atomic E-state index is 13.3. The predicted molar refractivity (Wildman–Crippen MR) is 119 cm³/mol. The number of amidine groups is 1. The maximum Gasteiger partial charge on any atom is 0.267 e. The van der Waals surface area contributed by atoms with Crippen LogP contribution in [0.1, 0.15) is 37.7 Å². The number of rotatable bonds is 4. The van der Waals surface area contributed by atoms with Gasteiger partial charge in [-0.1, -0.05) is 43.0 Å². The molecule has 1 saturated carbocycles. The van der Waals surface area contributed by atoms with Crippen molar-refractivity contribution in [3.8, 4) is 5.75 Å². The van der Waals surface area contributed by atoms with Crippen LogP contribution in [0.5, 0.6) is 5.75 Å². The second-order valence-electron chi connectivity index (χ2n) is 7.06.